The average Bonchev–Trinajstić information content (AvgIpc) is 3.44. The molecule has 0 aliphatic heterocycles. The van der Waals surface area contributed by atoms with E-state index in [-0.39, 0.29) is 17.4 Å². The number of nitrogen functional groups attached to an aromatic ring is 1. The van der Waals surface area contributed by atoms with Crippen LogP contribution in [-0.2, 0) is 20.5 Å². The molecule has 1 aliphatic rings. The number of anilines is 1. The molecule has 0 spiro atoms. The minimum atomic E-state index is -2.66. The quantitative estimate of drug-likeness (QED) is 0.149. The van der Waals surface area contributed by atoms with E-state index in [1.807, 2.05) is 31.4 Å². The highest BCUT2D eigenvalue weighted by molar-refractivity contribution is 5.97. The number of nitrogens with two attached hydrogens (primary N) is 1. The summed E-state index contributed by atoms with van der Waals surface area (Å²) >= 11 is 0. The Morgan fingerprint density at radius 3 is 2.65 bits per heavy atom. The smallest absolute Gasteiger partial charge is 0.280 e. The third-order valence-electron chi connectivity index (χ3n) is 7.12. The molecule has 0 atom stereocenters. The van der Waals surface area contributed by atoms with E-state index < -0.39 is 6.43 Å². The van der Waals surface area contributed by atoms with E-state index in [1.54, 1.807) is 10.7 Å². The molecule has 4 heterocycles. The number of halogens is 2. The zero-order chi connectivity index (χ0) is 28.1. The van der Waals surface area contributed by atoms with Crippen LogP contribution in [0.25, 0.3) is 33.7 Å². The maximum Gasteiger partial charge on any atom is 0.280 e. The Bertz CT molecular complexity index is 1760. The van der Waals surface area contributed by atoms with Crippen molar-refractivity contribution in [2.75, 3.05) is 5.73 Å². The molecule has 6 rings (SSSR count). The number of benzene rings is 1. The lowest BCUT2D eigenvalue weighted by Gasteiger charge is -2.09. The maximum absolute atomic E-state index is 13.2. The largest absolute Gasteiger partial charge is 0.427 e. The van der Waals surface area contributed by atoms with Crippen LogP contribution in [0.4, 0.5) is 20.3 Å². The van der Waals surface area contributed by atoms with Crippen molar-refractivity contribution in [1.82, 2.24) is 34.3 Å². The van der Waals surface area contributed by atoms with Crippen molar-refractivity contribution in [1.29, 1.82) is 0 Å². The number of rotatable bonds is 8. The third kappa shape index (κ3) is 4.48. The molecule has 0 amide bonds. The Morgan fingerprint density at radius 2 is 1.95 bits per heavy atom. The van der Waals surface area contributed by atoms with E-state index >= 15 is 0 Å². The van der Waals surface area contributed by atoms with Gasteiger partial charge in [-0.1, -0.05) is 25.5 Å². The van der Waals surface area contributed by atoms with E-state index in [9.17, 15) is 14.0 Å². The van der Waals surface area contributed by atoms with Crippen LogP contribution >= 0.6 is 0 Å². The van der Waals surface area contributed by atoms with Gasteiger partial charge >= 0.3 is 0 Å². The fourth-order valence-electron chi connectivity index (χ4n) is 5.05. The van der Waals surface area contributed by atoms with Gasteiger partial charge in [0.1, 0.15) is 5.69 Å². The summed E-state index contributed by atoms with van der Waals surface area (Å²) in [5, 5.41) is 20.9. The molecule has 1 saturated carbocycles. The lowest BCUT2D eigenvalue weighted by Crippen LogP contribution is -2.03. The fraction of sp³-hybridized carbons (Fsp3) is 0.321. The van der Waals surface area contributed by atoms with Crippen LogP contribution < -0.4 is 5.73 Å². The monoisotopic (exact) mass is 545 g/mol. The van der Waals surface area contributed by atoms with Gasteiger partial charge in [-0.3, -0.25) is 9.36 Å². The Kier molecular flexibility index (Phi) is 6.32. The summed E-state index contributed by atoms with van der Waals surface area (Å²) in [6.07, 6.45) is 4.16. The molecule has 1 aromatic carbocycles. The van der Waals surface area contributed by atoms with E-state index in [1.165, 1.54) is 24.1 Å². The number of hydrogen-bond donors (Lipinski definition) is 2. The van der Waals surface area contributed by atoms with Gasteiger partial charge in [0.05, 0.1) is 17.1 Å². The number of imidazole rings is 1. The van der Waals surface area contributed by atoms with Gasteiger partial charge in [-0.05, 0) is 31.4 Å². The van der Waals surface area contributed by atoms with Crippen LogP contribution in [0.2, 0.25) is 0 Å². The summed E-state index contributed by atoms with van der Waals surface area (Å²) in [6.45, 7) is 2.07. The summed E-state index contributed by atoms with van der Waals surface area (Å²) in [7, 11) is 3.30. The number of fused-ring (bicyclic) bond motifs is 1. The van der Waals surface area contributed by atoms with Crippen LogP contribution in [0.5, 0.6) is 0 Å². The second kappa shape index (κ2) is 9.85. The first-order chi connectivity index (χ1) is 19.2. The van der Waals surface area contributed by atoms with Gasteiger partial charge in [0, 0.05) is 66.3 Å². The van der Waals surface area contributed by atoms with Gasteiger partial charge < -0.3 is 10.9 Å². The molecule has 1 fully saturated rings. The van der Waals surface area contributed by atoms with Crippen LogP contribution in [0.15, 0.2) is 41.5 Å². The third-order valence-corrected chi connectivity index (χ3v) is 7.12. The standard InChI is InChI=1S/C28H29F2N9O/c1-4-6-21-18(11-16-14-37(2)36-27(16)33-21)28-34-24(25(39(28)40)15-9-10-15)17-7-5-8-20(31)19(17)13-32-23-12-22(26(29)30)38(3)35-23/h5,7-8,11-15,26,40H,4,6,9-10,31H2,1-3H3. The predicted octanol–water partition coefficient (Wildman–Crippen LogP) is 5.57. The Balaban J connectivity index is 1.50. The lowest BCUT2D eigenvalue weighted by atomic mass is 10.0. The minimum Gasteiger partial charge on any atom is -0.427 e. The van der Waals surface area contributed by atoms with Gasteiger partial charge in [0.15, 0.2) is 17.3 Å². The highest BCUT2D eigenvalue weighted by Crippen LogP contribution is 2.46. The Labute approximate surface area is 228 Å². The first-order valence-corrected chi connectivity index (χ1v) is 13.2. The van der Waals surface area contributed by atoms with Crippen LogP contribution in [-0.4, -0.2) is 45.7 Å². The number of alkyl halides is 2. The van der Waals surface area contributed by atoms with Crippen molar-refractivity contribution >= 4 is 28.8 Å². The van der Waals surface area contributed by atoms with Gasteiger partial charge in [0.2, 0.25) is 0 Å². The SMILES string of the molecule is CCCc1nc2nn(C)cc2cc1-c1nc(-c2cccc(N)c2C=Nc2cc(C(F)F)n(C)n2)c(C2CC2)n1O. The molecule has 0 radical (unpaired) electrons. The van der Waals surface area contributed by atoms with E-state index in [0.717, 1.165) is 40.6 Å². The number of aliphatic imine (C=N–C) groups is 1. The maximum atomic E-state index is 13.2. The zero-order valence-corrected chi connectivity index (χ0v) is 22.4. The molecule has 0 saturated heterocycles. The topological polar surface area (TPSA) is 125 Å². The summed E-state index contributed by atoms with van der Waals surface area (Å²) in [4.78, 5) is 14.1. The molecule has 4 aromatic heterocycles. The molecule has 1 aliphatic carbocycles. The highest BCUT2D eigenvalue weighted by atomic mass is 19.3. The molecule has 10 nitrogen and oxygen atoms in total. The predicted molar refractivity (Wildman–Crippen MR) is 148 cm³/mol. The van der Waals surface area contributed by atoms with Crippen molar-refractivity contribution in [2.45, 2.75) is 45.0 Å². The van der Waals surface area contributed by atoms with Crippen molar-refractivity contribution < 1.29 is 14.0 Å². The normalized spacial score (nSPS) is 13.8. The van der Waals surface area contributed by atoms with Crippen molar-refractivity contribution in [2.24, 2.45) is 19.1 Å². The highest BCUT2D eigenvalue weighted by Gasteiger charge is 2.34. The summed E-state index contributed by atoms with van der Waals surface area (Å²) in [6, 6.07) is 8.64. The number of aryl methyl sites for hydroxylation is 3. The molecule has 0 unspecified atom stereocenters. The van der Waals surface area contributed by atoms with Gasteiger partial charge in [-0.2, -0.15) is 14.9 Å². The first-order valence-electron chi connectivity index (χ1n) is 13.2. The number of aromatic nitrogens is 7. The summed E-state index contributed by atoms with van der Waals surface area (Å²) in [5.41, 5.74) is 11.3. The van der Waals surface area contributed by atoms with E-state index in [4.69, 9.17) is 15.7 Å². The molecule has 5 aromatic rings. The Morgan fingerprint density at radius 1 is 1.15 bits per heavy atom. The summed E-state index contributed by atoms with van der Waals surface area (Å²) in [5.74, 6) is 0.680. The van der Waals surface area contributed by atoms with Gasteiger partial charge in [0.25, 0.3) is 6.43 Å². The van der Waals surface area contributed by atoms with Crippen molar-refractivity contribution in [3.8, 4) is 22.6 Å². The molecule has 3 N–H and O–H groups in total. The zero-order valence-electron chi connectivity index (χ0n) is 22.4. The number of pyridine rings is 1. The van der Waals surface area contributed by atoms with Crippen LogP contribution in [0.3, 0.4) is 0 Å². The van der Waals surface area contributed by atoms with Crippen LogP contribution in [0.1, 0.15) is 61.2 Å². The molecule has 0 bridgehead atoms. The van der Waals surface area contributed by atoms with Gasteiger partial charge in [-0.25, -0.2) is 23.7 Å². The molecule has 40 heavy (non-hydrogen) atoms. The minimum absolute atomic E-state index is 0.140. The fourth-order valence-corrected chi connectivity index (χ4v) is 5.05. The van der Waals surface area contributed by atoms with Crippen molar-refractivity contribution in [3.63, 3.8) is 0 Å². The summed E-state index contributed by atoms with van der Waals surface area (Å²) < 4.78 is 30.5. The van der Waals surface area contributed by atoms with E-state index in [2.05, 4.69) is 22.1 Å². The average molecular weight is 546 g/mol. The second-order valence-corrected chi connectivity index (χ2v) is 10.1. The molecule has 206 valence electrons. The van der Waals surface area contributed by atoms with Gasteiger partial charge in [-0.15, -0.1) is 0 Å². The Hall–Kier alpha value is -4.61. The first kappa shape index (κ1) is 25.7. The van der Waals surface area contributed by atoms with Crippen LogP contribution in [0, 0.1) is 0 Å². The molecule has 12 heteroatoms. The lowest BCUT2D eigenvalue weighted by molar-refractivity contribution is 0.141. The molecular weight excluding hydrogens is 516 g/mol. The number of hydrogen-bond acceptors (Lipinski definition) is 7. The van der Waals surface area contributed by atoms with Crippen molar-refractivity contribution in [3.05, 3.63) is 59.2 Å². The number of nitrogens with zero attached hydrogens (tertiary/aromatic N) is 8. The molecular formula is C28H29F2N9O. The van der Waals surface area contributed by atoms with E-state index in [0.29, 0.717) is 46.1 Å². The second-order valence-electron chi connectivity index (χ2n) is 10.1.